The first-order valence-electron chi connectivity index (χ1n) is 12.8. The predicted octanol–water partition coefficient (Wildman–Crippen LogP) is 0.240. The molecule has 7 rings (SSSR count). The van der Waals surface area contributed by atoms with Gasteiger partial charge in [-0.3, -0.25) is 27.2 Å². The Balaban J connectivity index is 1.20. The van der Waals surface area contributed by atoms with E-state index in [9.17, 15) is 19.3 Å². The van der Waals surface area contributed by atoms with Gasteiger partial charge in [0.05, 0.1) is 25.9 Å². The lowest BCUT2D eigenvalue weighted by atomic mass is 10.1. The second-order valence-corrected chi connectivity index (χ2v) is 15.7. The summed E-state index contributed by atoms with van der Waals surface area (Å²) >= 11 is 8.17. The van der Waals surface area contributed by atoms with Crippen LogP contribution < -0.4 is 11.5 Å². The molecule has 3 saturated heterocycles. The smallest absolute Gasteiger partial charge is 0.386 e. The van der Waals surface area contributed by atoms with Crippen LogP contribution in [0.15, 0.2) is 25.3 Å². The standard InChI is InChI=1S/C20H24N10O10P2S2/c21-15-9-17(25-3-23-15)29(5-27-9)19-12(32)13-8(38-19)2-36-42(34,44)40-14-11(31)7(1-35-41(33,43)39-13)37-20(14)30-6-28-10-16(22)24-4-26-18(10)30/h3-8,11-14,19-20,31-32H,1-2H2,(H,33,43)(H,34,44)(H2,21,23,25)(H2,22,24,26)/t7-,8-,11-,12-,13-,14-,19-,20-,41-,42-/m1/s1. The molecule has 24 heteroatoms. The molecule has 6 N–H and O–H groups in total. The summed E-state index contributed by atoms with van der Waals surface area (Å²) < 4.78 is 64.0. The van der Waals surface area contributed by atoms with Crippen molar-refractivity contribution in [3.8, 4) is 0 Å². The number of aliphatic hydroxyl groups is 2. The quantitative estimate of drug-likeness (QED) is 0.121. The molecule has 3 fully saturated rings. The minimum absolute atomic E-state index is 0.0920. The van der Waals surface area contributed by atoms with Crippen LogP contribution in [0.25, 0.3) is 22.3 Å². The highest BCUT2D eigenvalue weighted by atomic mass is 32.7. The summed E-state index contributed by atoms with van der Waals surface area (Å²) in [6, 6.07) is 0. The molecule has 2 bridgehead atoms. The number of ether oxygens (including phenoxy) is 2. The van der Waals surface area contributed by atoms with E-state index in [-0.39, 0.29) is 34.0 Å². The number of hydrogen-bond donors (Lipinski definition) is 6. The van der Waals surface area contributed by atoms with Crippen LogP contribution in [0, 0.1) is 0 Å². The van der Waals surface area contributed by atoms with Crippen LogP contribution in [0.3, 0.4) is 0 Å². The molecule has 4 aromatic heterocycles. The molecule has 0 aromatic carbocycles. The third-order valence-corrected chi connectivity index (χ3v) is 10.5. The van der Waals surface area contributed by atoms with Gasteiger partial charge in [-0.2, -0.15) is 0 Å². The number of nitrogen functional groups attached to an aromatic ring is 2. The van der Waals surface area contributed by atoms with Gasteiger partial charge in [-0.15, -0.1) is 0 Å². The van der Waals surface area contributed by atoms with Crippen LogP contribution in [0.5, 0.6) is 0 Å². The van der Waals surface area contributed by atoms with E-state index in [1.165, 1.54) is 34.4 Å². The summed E-state index contributed by atoms with van der Waals surface area (Å²) in [6.45, 7) is -9.67. The van der Waals surface area contributed by atoms with Gasteiger partial charge in [0.25, 0.3) is 0 Å². The number of rotatable bonds is 2. The van der Waals surface area contributed by atoms with Crippen molar-refractivity contribution in [1.29, 1.82) is 0 Å². The topological polar surface area (TPSA) is 269 Å². The zero-order valence-electron chi connectivity index (χ0n) is 22.0. The van der Waals surface area contributed by atoms with Crippen molar-refractivity contribution < 1.29 is 46.9 Å². The van der Waals surface area contributed by atoms with E-state index < -0.39 is 75.9 Å². The maximum absolute atomic E-state index is 13.5. The second kappa shape index (κ2) is 11.1. The molecule has 0 spiro atoms. The van der Waals surface area contributed by atoms with Crippen LogP contribution in [0.4, 0.5) is 11.6 Å². The number of hydrogen-bond acceptors (Lipinski definition) is 18. The minimum Gasteiger partial charge on any atom is -0.387 e. The summed E-state index contributed by atoms with van der Waals surface area (Å²) in [4.78, 5) is 24.5. The second-order valence-electron chi connectivity index (χ2n) is 9.95. The van der Waals surface area contributed by atoms with Gasteiger partial charge in [-0.05, 0) is 0 Å². The van der Waals surface area contributed by atoms with Gasteiger partial charge < -0.3 is 31.2 Å². The predicted molar refractivity (Wildman–Crippen MR) is 154 cm³/mol. The highest BCUT2D eigenvalue weighted by Gasteiger charge is 2.53. The first-order valence-corrected chi connectivity index (χ1v) is 18.2. The summed E-state index contributed by atoms with van der Waals surface area (Å²) in [5, 5.41) is 22.4. The van der Waals surface area contributed by atoms with Gasteiger partial charge in [0.2, 0.25) is 0 Å². The zero-order valence-corrected chi connectivity index (χ0v) is 25.6. The van der Waals surface area contributed by atoms with E-state index in [0.717, 1.165) is 0 Å². The molecular weight excluding hydrogens is 666 g/mol. The Morgan fingerprint density at radius 1 is 0.727 bits per heavy atom. The van der Waals surface area contributed by atoms with Crippen molar-refractivity contribution >= 4 is 72.1 Å². The Kier molecular flexibility index (Phi) is 7.63. The van der Waals surface area contributed by atoms with Crippen molar-refractivity contribution in [1.82, 2.24) is 39.0 Å². The molecule has 0 aliphatic carbocycles. The third kappa shape index (κ3) is 5.27. The Hall–Kier alpha value is -2.46. The normalized spacial score (nSPS) is 38.3. The van der Waals surface area contributed by atoms with Crippen LogP contribution in [0.2, 0.25) is 0 Å². The Morgan fingerprint density at radius 3 is 1.82 bits per heavy atom. The van der Waals surface area contributed by atoms with Crippen molar-refractivity contribution in [2.24, 2.45) is 0 Å². The number of imidazole rings is 2. The summed E-state index contributed by atoms with van der Waals surface area (Å²) in [5.74, 6) is 0.191. The van der Waals surface area contributed by atoms with Crippen LogP contribution >= 0.6 is 38.1 Å². The Morgan fingerprint density at radius 2 is 1.23 bits per heavy atom. The number of aliphatic hydroxyl groups excluding tert-OH is 2. The third-order valence-electron chi connectivity index (χ3n) is 7.26. The molecular formula is C20H24N10O10P2S2. The van der Waals surface area contributed by atoms with E-state index in [2.05, 4.69) is 54.4 Å². The molecule has 7 heterocycles. The highest BCUT2D eigenvalue weighted by molar-refractivity contribution is 8.44. The number of nitrogens with two attached hydrogens (primary N) is 2. The van der Waals surface area contributed by atoms with Gasteiger partial charge in [-0.1, -0.05) is 24.5 Å². The number of aromatic nitrogens is 8. The molecule has 0 unspecified atom stereocenters. The SMILES string of the molecule is Nc1ncnc2c1ncn2[C@@H]1O[C@@H]2CO[P@@](=O)(S)O[C@@H]3[C@H](O)[C@@H](CO[P@@](=O)(S)O[C@H]2[C@H]1O)O[C@H]3n1cnc2c(N)ncnc21. The fourth-order valence-electron chi connectivity index (χ4n) is 5.22. The van der Waals surface area contributed by atoms with Crippen LogP contribution in [-0.4, -0.2) is 99.1 Å². The number of anilines is 2. The first kappa shape index (κ1) is 30.2. The number of fused-ring (bicyclic) bond motifs is 5. The maximum Gasteiger partial charge on any atom is 0.386 e. The van der Waals surface area contributed by atoms with Crippen LogP contribution in [-0.2, 0) is 36.7 Å². The molecule has 0 radical (unpaired) electrons. The molecule has 4 aromatic rings. The van der Waals surface area contributed by atoms with Gasteiger partial charge >= 0.3 is 13.6 Å². The molecule has 10 atom stereocenters. The van der Waals surface area contributed by atoms with E-state index in [4.69, 9.17) is 39.0 Å². The molecule has 3 aliphatic rings. The number of thiol groups is 2. The summed E-state index contributed by atoms with van der Waals surface area (Å²) in [5.41, 5.74) is 12.7. The van der Waals surface area contributed by atoms with Crippen molar-refractivity contribution in [2.75, 3.05) is 24.7 Å². The Bertz CT molecular complexity index is 1830. The number of nitrogens with zero attached hydrogens (tertiary/aromatic N) is 8. The zero-order chi connectivity index (χ0) is 31.0. The largest absolute Gasteiger partial charge is 0.387 e. The average Bonchev–Trinajstić information content (AvgIpc) is 3.73. The van der Waals surface area contributed by atoms with E-state index in [1.807, 2.05) is 0 Å². The van der Waals surface area contributed by atoms with Gasteiger partial charge in [0.1, 0.15) is 60.3 Å². The lowest BCUT2D eigenvalue weighted by molar-refractivity contribution is -0.0575. The monoisotopic (exact) mass is 690 g/mol. The van der Waals surface area contributed by atoms with E-state index in [1.54, 1.807) is 0 Å². The van der Waals surface area contributed by atoms with Crippen molar-refractivity contribution in [3.63, 3.8) is 0 Å². The maximum atomic E-state index is 13.5. The molecule has 0 saturated carbocycles. The molecule has 0 amide bonds. The Labute approximate surface area is 256 Å². The average molecular weight is 691 g/mol. The fraction of sp³-hybridized carbons (Fsp3) is 0.500. The minimum atomic E-state index is -4.31. The van der Waals surface area contributed by atoms with E-state index >= 15 is 0 Å². The first-order chi connectivity index (χ1) is 20.9. The van der Waals surface area contributed by atoms with Crippen LogP contribution in [0.1, 0.15) is 12.5 Å². The van der Waals surface area contributed by atoms with Crippen molar-refractivity contribution in [3.05, 3.63) is 25.3 Å². The molecule has 3 aliphatic heterocycles. The van der Waals surface area contributed by atoms with Gasteiger partial charge in [0, 0.05) is 0 Å². The lowest BCUT2D eigenvalue weighted by Crippen LogP contribution is -2.35. The fourth-order valence-corrected chi connectivity index (χ4v) is 8.17. The van der Waals surface area contributed by atoms with E-state index in [0.29, 0.717) is 0 Å². The highest BCUT2D eigenvalue weighted by Crippen LogP contribution is 2.60. The molecule has 44 heavy (non-hydrogen) atoms. The molecule has 236 valence electrons. The van der Waals surface area contributed by atoms with Crippen molar-refractivity contribution in [2.45, 2.75) is 49.1 Å². The summed E-state index contributed by atoms with van der Waals surface area (Å²) in [6.07, 6.45) is -5.58. The molecule has 20 nitrogen and oxygen atoms in total. The van der Waals surface area contributed by atoms with Gasteiger partial charge in [-0.25, -0.2) is 39.0 Å². The van der Waals surface area contributed by atoms with Gasteiger partial charge in [0.15, 0.2) is 35.4 Å². The lowest BCUT2D eigenvalue weighted by Gasteiger charge is -2.26. The summed E-state index contributed by atoms with van der Waals surface area (Å²) in [7, 11) is 0.